The Kier molecular flexibility index (Phi) is 7.02. The molecular formula is C23H26FN5O2. The maximum atomic E-state index is 13.0. The van der Waals surface area contributed by atoms with E-state index in [0.29, 0.717) is 59.9 Å². The van der Waals surface area contributed by atoms with E-state index in [2.05, 4.69) is 10.3 Å². The number of ketones is 1. The lowest BCUT2D eigenvalue weighted by Gasteiger charge is -2.25. The van der Waals surface area contributed by atoms with Gasteiger partial charge in [-0.15, -0.1) is 0 Å². The Morgan fingerprint density at radius 2 is 1.61 bits per heavy atom. The number of hydrogen-bond acceptors (Lipinski definition) is 5. The van der Waals surface area contributed by atoms with Crippen molar-refractivity contribution in [3.8, 4) is 11.5 Å². The third-order valence-corrected chi connectivity index (χ3v) is 5.10. The summed E-state index contributed by atoms with van der Waals surface area (Å²) in [5.41, 5.74) is 13.5. The number of aliphatic imine (C=N–C) groups is 1. The molecule has 0 unspecified atom stereocenters. The number of Topliss-reactive ketones (excluding diaryl/α,β-unsaturated/α-hetero) is 1. The molecule has 162 valence electrons. The summed E-state index contributed by atoms with van der Waals surface area (Å²) in [6, 6.07) is 12.8. The zero-order valence-corrected chi connectivity index (χ0v) is 17.3. The Morgan fingerprint density at radius 3 is 2.13 bits per heavy atom. The first-order valence-corrected chi connectivity index (χ1v) is 10.0. The molecule has 0 radical (unpaired) electrons. The average molecular weight is 423 g/mol. The monoisotopic (exact) mass is 423 g/mol. The first-order valence-electron chi connectivity index (χ1n) is 10.0. The number of amidine groups is 2. The number of nitrogens with one attached hydrogen (secondary N) is 2. The summed E-state index contributed by atoms with van der Waals surface area (Å²) in [7, 11) is 1.60. The van der Waals surface area contributed by atoms with Gasteiger partial charge in [0, 0.05) is 25.9 Å². The van der Waals surface area contributed by atoms with E-state index in [1.54, 1.807) is 43.4 Å². The molecule has 7 nitrogen and oxygen atoms in total. The van der Waals surface area contributed by atoms with E-state index in [-0.39, 0.29) is 23.5 Å². The van der Waals surface area contributed by atoms with Crippen LogP contribution in [0.1, 0.15) is 31.2 Å². The van der Waals surface area contributed by atoms with Crippen molar-refractivity contribution in [1.29, 1.82) is 5.41 Å². The Labute approximate surface area is 180 Å². The van der Waals surface area contributed by atoms with E-state index in [1.165, 1.54) is 12.1 Å². The second-order valence-corrected chi connectivity index (χ2v) is 7.31. The van der Waals surface area contributed by atoms with Crippen molar-refractivity contribution in [3.63, 3.8) is 0 Å². The summed E-state index contributed by atoms with van der Waals surface area (Å²) in [4.78, 5) is 15.7. The van der Waals surface area contributed by atoms with Crippen LogP contribution in [-0.2, 0) is 4.79 Å². The first kappa shape index (κ1) is 22.0. The molecule has 0 heterocycles. The van der Waals surface area contributed by atoms with Crippen LogP contribution in [0.15, 0.2) is 59.1 Å². The lowest BCUT2D eigenvalue weighted by Crippen LogP contribution is -2.41. The summed E-state index contributed by atoms with van der Waals surface area (Å²) in [5.74, 6) is 1.22. The van der Waals surface area contributed by atoms with Gasteiger partial charge in [0.1, 0.15) is 34.8 Å². The van der Waals surface area contributed by atoms with Crippen molar-refractivity contribution >= 4 is 23.2 Å². The maximum Gasteiger partial charge on any atom is 0.134 e. The van der Waals surface area contributed by atoms with Crippen LogP contribution in [0.2, 0.25) is 0 Å². The molecule has 0 aromatic heterocycles. The minimum atomic E-state index is -0.334. The Hall–Kier alpha value is -3.68. The predicted octanol–water partition coefficient (Wildman–Crippen LogP) is 3.35. The largest absolute Gasteiger partial charge is 0.457 e. The standard InChI is InChI=1S/C23H26FN5O2/c1-28-23(29-16-6-8-17(30)9-7-16)20(22(26)27)21(25)14-2-10-18(11-3-14)31-19-12-4-15(24)5-13-19/h2-5,10-13,16H,6-9,25H2,1H3,(H3,26,27)(H,28,29). The smallest absolute Gasteiger partial charge is 0.134 e. The summed E-state index contributed by atoms with van der Waals surface area (Å²) in [5, 5.41) is 11.3. The van der Waals surface area contributed by atoms with Crippen molar-refractivity contribution in [1.82, 2.24) is 5.32 Å². The highest BCUT2D eigenvalue weighted by Gasteiger charge is 2.23. The molecule has 1 fully saturated rings. The molecule has 0 saturated heterocycles. The number of nitrogens with zero attached hydrogens (tertiary/aromatic N) is 1. The van der Waals surface area contributed by atoms with Gasteiger partial charge >= 0.3 is 0 Å². The molecule has 1 saturated carbocycles. The lowest BCUT2D eigenvalue weighted by molar-refractivity contribution is -0.120. The van der Waals surface area contributed by atoms with Crippen LogP contribution >= 0.6 is 0 Å². The van der Waals surface area contributed by atoms with Crippen LogP contribution in [0.4, 0.5) is 4.39 Å². The molecule has 0 spiro atoms. The van der Waals surface area contributed by atoms with Gasteiger partial charge in [0.15, 0.2) is 0 Å². The highest BCUT2D eigenvalue weighted by molar-refractivity contribution is 6.25. The SMILES string of the molecule is CN=C(NC1CCC(=O)CC1)C(C(=N)N)=C(N)c1ccc(Oc2ccc(F)cc2)cc1. The van der Waals surface area contributed by atoms with Gasteiger partial charge in [-0.1, -0.05) is 0 Å². The minimum Gasteiger partial charge on any atom is -0.457 e. The summed E-state index contributed by atoms with van der Waals surface area (Å²) in [6.45, 7) is 0. The number of nitrogens with two attached hydrogens (primary N) is 2. The van der Waals surface area contributed by atoms with Crippen LogP contribution in [0.3, 0.4) is 0 Å². The van der Waals surface area contributed by atoms with E-state index >= 15 is 0 Å². The van der Waals surface area contributed by atoms with E-state index in [9.17, 15) is 9.18 Å². The second kappa shape index (κ2) is 9.88. The van der Waals surface area contributed by atoms with Crippen LogP contribution in [0.5, 0.6) is 11.5 Å². The van der Waals surface area contributed by atoms with Crippen LogP contribution in [0, 0.1) is 11.2 Å². The number of rotatable bonds is 6. The molecule has 0 bridgehead atoms. The number of carbonyl (C=O) groups excluding carboxylic acids is 1. The Balaban J connectivity index is 1.80. The third kappa shape index (κ3) is 5.69. The summed E-state index contributed by atoms with van der Waals surface area (Å²) < 4.78 is 18.7. The molecule has 0 aliphatic heterocycles. The van der Waals surface area contributed by atoms with Crippen molar-refractivity contribution in [2.75, 3.05) is 7.05 Å². The molecule has 31 heavy (non-hydrogen) atoms. The third-order valence-electron chi connectivity index (χ3n) is 5.10. The molecule has 0 amide bonds. The fourth-order valence-corrected chi connectivity index (χ4v) is 3.41. The van der Waals surface area contributed by atoms with Crippen molar-refractivity contribution in [2.45, 2.75) is 31.7 Å². The van der Waals surface area contributed by atoms with Gasteiger partial charge in [-0.3, -0.25) is 15.2 Å². The molecule has 0 atom stereocenters. The van der Waals surface area contributed by atoms with E-state index in [4.69, 9.17) is 21.6 Å². The van der Waals surface area contributed by atoms with Crippen LogP contribution in [-0.4, -0.2) is 30.5 Å². The molecular weight excluding hydrogens is 397 g/mol. The lowest BCUT2D eigenvalue weighted by atomic mass is 9.94. The topological polar surface area (TPSA) is 127 Å². The molecule has 2 aromatic rings. The highest BCUT2D eigenvalue weighted by Crippen LogP contribution is 2.24. The molecule has 6 N–H and O–H groups in total. The summed E-state index contributed by atoms with van der Waals surface area (Å²) >= 11 is 0. The molecule has 3 rings (SSSR count). The van der Waals surface area contributed by atoms with Crippen LogP contribution < -0.4 is 21.5 Å². The summed E-state index contributed by atoms with van der Waals surface area (Å²) in [6.07, 6.45) is 2.47. The molecule has 8 heteroatoms. The Morgan fingerprint density at radius 1 is 1.06 bits per heavy atom. The highest BCUT2D eigenvalue weighted by atomic mass is 19.1. The average Bonchev–Trinajstić information content (AvgIpc) is 2.76. The van der Waals surface area contributed by atoms with E-state index in [1.807, 2.05) is 0 Å². The maximum absolute atomic E-state index is 13.0. The zero-order valence-electron chi connectivity index (χ0n) is 17.3. The van der Waals surface area contributed by atoms with Gasteiger partial charge in [-0.05, 0) is 66.9 Å². The van der Waals surface area contributed by atoms with Crippen LogP contribution in [0.25, 0.3) is 5.70 Å². The normalized spacial score (nSPS) is 15.9. The van der Waals surface area contributed by atoms with Gasteiger partial charge in [0.25, 0.3) is 0 Å². The van der Waals surface area contributed by atoms with Gasteiger partial charge in [0.2, 0.25) is 0 Å². The number of ether oxygens (including phenoxy) is 1. The quantitative estimate of drug-likeness (QED) is 0.419. The van der Waals surface area contributed by atoms with Gasteiger partial charge in [0.05, 0.1) is 11.3 Å². The number of carbonyl (C=O) groups is 1. The first-order chi connectivity index (χ1) is 14.9. The van der Waals surface area contributed by atoms with Crippen molar-refractivity contribution < 1.29 is 13.9 Å². The number of halogens is 1. The van der Waals surface area contributed by atoms with E-state index < -0.39 is 0 Å². The minimum absolute atomic E-state index is 0.0741. The van der Waals surface area contributed by atoms with Gasteiger partial charge < -0.3 is 21.5 Å². The Bertz CT molecular complexity index is 1000. The van der Waals surface area contributed by atoms with Crippen molar-refractivity contribution in [3.05, 3.63) is 65.5 Å². The molecule has 1 aliphatic carbocycles. The predicted molar refractivity (Wildman–Crippen MR) is 120 cm³/mol. The fourth-order valence-electron chi connectivity index (χ4n) is 3.41. The zero-order chi connectivity index (χ0) is 22.4. The van der Waals surface area contributed by atoms with E-state index in [0.717, 1.165) is 0 Å². The second-order valence-electron chi connectivity index (χ2n) is 7.31. The fraction of sp³-hybridized carbons (Fsp3) is 0.261. The number of hydrogen-bond donors (Lipinski definition) is 4. The van der Waals surface area contributed by atoms with Gasteiger partial charge in [-0.2, -0.15) is 0 Å². The molecule has 2 aromatic carbocycles. The number of benzene rings is 2. The van der Waals surface area contributed by atoms with Gasteiger partial charge in [-0.25, -0.2) is 4.39 Å². The molecule has 1 aliphatic rings. The van der Waals surface area contributed by atoms with Crippen molar-refractivity contribution in [2.24, 2.45) is 16.5 Å².